The van der Waals surface area contributed by atoms with Gasteiger partial charge in [0.25, 0.3) is 0 Å². The van der Waals surface area contributed by atoms with Crippen molar-refractivity contribution in [2.75, 3.05) is 46.9 Å². The van der Waals surface area contributed by atoms with Gasteiger partial charge in [0.2, 0.25) is 0 Å². The molecule has 0 spiro atoms. The van der Waals surface area contributed by atoms with Crippen LogP contribution >= 0.6 is 24.0 Å². The third-order valence-electron chi connectivity index (χ3n) is 4.72. The Hall–Kier alpha value is -0.570. The number of nitrogens with one attached hydrogen (secondary N) is 1. The quantitative estimate of drug-likeness (QED) is 0.277. The monoisotopic (exact) mass is 454 g/mol. The minimum Gasteiger partial charge on any atom is -0.469 e. The summed E-state index contributed by atoms with van der Waals surface area (Å²) >= 11 is 0. The minimum absolute atomic E-state index is 0. The Morgan fingerprint density at radius 2 is 2.00 bits per heavy atom. The molecule has 7 heteroatoms. The molecular formula is C17H35IN4O2. The molecule has 1 aliphatic rings. The van der Waals surface area contributed by atoms with Gasteiger partial charge in [-0.3, -0.25) is 9.79 Å². The van der Waals surface area contributed by atoms with Gasteiger partial charge < -0.3 is 19.9 Å². The number of nitrogens with zero attached hydrogens (tertiary/aromatic N) is 3. The van der Waals surface area contributed by atoms with Crippen LogP contribution in [0.5, 0.6) is 0 Å². The fraction of sp³-hybridized carbons (Fsp3) is 0.882. The molecule has 0 aromatic carbocycles. The number of guanidine groups is 1. The third-order valence-corrected chi connectivity index (χ3v) is 4.72. The SMILES string of the molecule is CCNC(=NCCN(C)C(C)CC)N1CCC(C(=O)OC)CC1.I. The van der Waals surface area contributed by atoms with Crippen LogP contribution in [0.4, 0.5) is 0 Å². The van der Waals surface area contributed by atoms with Crippen molar-refractivity contribution in [3.8, 4) is 0 Å². The molecule has 142 valence electrons. The number of hydrogen-bond acceptors (Lipinski definition) is 4. The van der Waals surface area contributed by atoms with Crippen LogP contribution in [0, 0.1) is 5.92 Å². The summed E-state index contributed by atoms with van der Waals surface area (Å²) in [6, 6.07) is 0.587. The normalized spacial score (nSPS) is 17.4. The number of piperidine rings is 1. The van der Waals surface area contributed by atoms with E-state index in [1.165, 1.54) is 7.11 Å². The number of likely N-dealkylation sites (N-methyl/N-ethyl adjacent to an activating group) is 1. The summed E-state index contributed by atoms with van der Waals surface area (Å²) in [5.41, 5.74) is 0. The first kappa shape index (κ1) is 23.4. The lowest BCUT2D eigenvalue weighted by Gasteiger charge is -2.33. The Morgan fingerprint density at radius 3 is 2.50 bits per heavy atom. The fourth-order valence-corrected chi connectivity index (χ4v) is 2.77. The summed E-state index contributed by atoms with van der Waals surface area (Å²) < 4.78 is 4.85. The van der Waals surface area contributed by atoms with Gasteiger partial charge in [0.15, 0.2) is 5.96 Å². The number of likely N-dealkylation sites (tertiary alicyclic amines) is 1. The number of esters is 1. The average molecular weight is 454 g/mol. The number of carbonyl (C=O) groups excluding carboxylic acids is 1. The van der Waals surface area contributed by atoms with E-state index in [0.29, 0.717) is 6.04 Å². The molecule has 0 amide bonds. The highest BCUT2D eigenvalue weighted by Crippen LogP contribution is 2.18. The summed E-state index contributed by atoms with van der Waals surface area (Å²) in [5, 5.41) is 3.37. The lowest BCUT2D eigenvalue weighted by Crippen LogP contribution is -2.47. The van der Waals surface area contributed by atoms with E-state index in [1.807, 2.05) is 0 Å². The molecule has 1 N–H and O–H groups in total. The second-order valence-electron chi connectivity index (χ2n) is 6.26. The third kappa shape index (κ3) is 7.55. The zero-order valence-corrected chi connectivity index (χ0v) is 18.2. The summed E-state index contributed by atoms with van der Waals surface area (Å²) in [6.07, 6.45) is 2.83. The summed E-state index contributed by atoms with van der Waals surface area (Å²) in [5.74, 6) is 0.922. The van der Waals surface area contributed by atoms with Gasteiger partial charge in [-0.1, -0.05) is 6.92 Å². The molecule has 6 nitrogen and oxygen atoms in total. The molecule has 24 heavy (non-hydrogen) atoms. The van der Waals surface area contributed by atoms with E-state index < -0.39 is 0 Å². The first-order chi connectivity index (χ1) is 11.0. The lowest BCUT2D eigenvalue weighted by molar-refractivity contribution is -0.146. The van der Waals surface area contributed by atoms with Crippen molar-refractivity contribution in [2.24, 2.45) is 10.9 Å². The van der Waals surface area contributed by atoms with Crippen molar-refractivity contribution in [2.45, 2.75) is 46.1 Å². The van der Waals surface area contributed by atoms with Crippen LogP contribution in [0.2, 0.25) is 0 Å². The highest BCUT2D eigenvalue weighted by atomic mass is 127. The van der Waals surface area contributed by atoms with Crippen molar-refractivity contribution >= 4 is 35.9 Å². The van der Waals surface area contributed by atoms with Crippen molar-refractivity contribution < 1.29 is 9.53 Å². The van der Waals surface area contributed by atoms with Crippen LogP contribution < -0.4 is 5.32 Å². The number of rotatable bonds is 7. The second-order valence-corrected chi connectivity index (χ2v) is 6.26. The van der Waals surface area contributed by atoms with Crippen LogP contribution in [0.25, 0.3) is 0 Å². The highest BCUT2D eigenvalue weighted by Gasteiger charge is 2.26. The largest absolute Gasteiger partial charge is 0.469 e. The van der Waals surface area contributed by atoms with E-state index in [2.05, 4.69) is 42.9 Å². The minimum atomic E-state index is -0.0817. The maximum atomic E-state index is 11.6. The molecule has 1 fully saturated rings. The molecular weight excluding hydrogens is 419 g/mol. The Morgan fingerprint density at radius 1 is 1.38 bits per heavy atom. The van der Waals surface area contributed by atoms with Gasteiger partial charge in [-0.2, -0.15) is 0 Å². The molecule has 1 rings (SSSR count). The highest BCUT2D eigenvalue weighted by molar-refractivity contribution is 14.0. The van der Waals surface area contributed by atoms with Gasteiger partial charge >= 0.3 is 5.97 Å². The predicted octanol–water partition coefficient (Wildman–Crippen LogP) is 2.19. The number of carbonyl (C=O) groups is 1. The molecule has 0 aromatic rings. The molecule has 0 radical (unpaired) electrons. The van der Waals surface area contributed by atoms with Crippen molar-refractivity contribution in [1.29, 1.82) is 0 Å². The van der Waals surface area contributed by atoms with Crippen LogP contribution in [-0.4, -0.2) is 74.7 Å². The maximum absolute atomic E-state index is 11.6. The fourth-order valence-electron chi connectivity index (χ4n) is 2.77. The van der Waals surface area contributed by atoms with Gasteiger partial charge in [0.05, 0.1) is 19.6 Å². The number of hydrogen-bond donors (Lipinski definition) is 1. The van der Waals surface area contributed by atoms with Crippen LogP contribution in [0.1, 0.15) is 40.0 Å². The second kappa shape index (κ2) is 12.7. The zero-order valence-electron chi connectivity index (χ0n) is 15.9. The Labute approximate surface area is 164 Å². The molecule has 0 saturated carbocycles. The summed E-state index contributed by atoms with van der Waals surface area (Å²) in [4.78, 5) is 21.0. The Bertz CT molecular complexity index is 385. The molecule has 0 aliphatic carbocycles. The first-order valence-corrected chi connectivity index (χ1v) is 8.84. The topological polar surface area (TPSA) is 57.2 Å². The van der Waals surface area contributed by atoms with Gasteiger partial charge in [-0.15, -0.1) is 24.0 Å². The Kier molecular flexibility index (Phi) is 12.4. The van der Waals surface area contributed by atoms with E-state index in [1.54, 1.807) is 0 Å². The van der Waals surface area contributed by atoms with Gasteiger partial charge in [-0.05, 0) is 40.2 Å². The van der Waals surface area contributed by atoms with Gasteiger partial charge in [0, 0.05) is 32.2 Å². The van der Waals surface area contributed by atoms with Crippen LogP contribution in [-0.2, 0) is 9.53 Å². The van der Waals surface area contributed by atoms with E-state index in [0.717, 1.165) is 57.9 Å². The first-order valence-electron chi connectivity index (χ1n) is 8.84. The number of ether oxygens (including phenoxy) is 1. The molecule has 1 unspecified atom stereocenters. The van der Waals surface area contributed by atoms with E-state index in [-0.39, 0.29) is 35.9 Å². The molecule has 1 aliphatic heterocycles. The molecule has 0 bridgehead atoms. The number of methoxy groups -OCH3 is 1. The van der Waals surface area contributed by atoms with E-state index >= 15 is 0 Å². The number of halogens is 1. The standard InChI is InChI=1S/C17H34N4O2.HI/c1-6-14(3)20(4)13-10-19-17(18-7-2)21-11-8-15(9-12-21)16(22)23-5;/h14-15H,6-13H2,1-5H3,(H,18,19);1H. The smallest absolute Gasteiger partial charge is 0.308 e. The molecule has 1 saturated heterocycles. The van der Waals surface area contributed by atoms with E-state index in [9.17, 15) is 4.79 Å². The summed E-state index contributed by atoms with van der Waals surface area (Å²) in [6.45, 7) is 10.9. The Balaban J connectivity index is 0.00000529. The van der Waals surface area contributed by atoms with Crippen molar-refractivity contribution in [3.05, 3.63) is 0 Å². The zero-order chi connectivity index (χ0) is 17.2. The number of aliphatic imine (C=N–C) groups is 1. The predicted molar refractivity (Wildman–Crippen MR) is 110 cm³/mol. The van der Waals surface area contributed by atoms with Crippen LogP contribution in [0.3, 0.4) is 0 Å². The summed E-state index contributed by atoms with van der Waals surface area (Å²) in [7, 11) is 3.62. The average Bonchev–Trinajstić information content (AvgIpc) is 2.59. The molecule has 1 heterocycles. The maximum Gasteiger partial charge on any atom is 0.308 e. The van der Waals surface area contributed by atoms with E-state index in [4.69, 9.17) is 9.73 Å². The van der Waals surface area contributed by atoms with Crippen molar-refractivity contribution in [3.63, 3.8) is 0 Å². The van der Waals surface area contributed by atoms with Gasteiger partial charge in [0.1, 0.15) is 0 Å². The van der Waals surface area contributed by atoms with Gasteiger partial charge in [-0.25, -0.2) is 0 Å². The molecule has 1 atom stereocenters. The van der Waals surface area contributed by atoms with Crippen molar-refractivity contribution in [1.82, 2.24) is 15.1 Å². The molecule has 0 aromatic heterocycles. The van der Waals surface area contributed by atoms with Crippen LogP contribution in [0.15, 0.2) is 4.99 Å². The lowest BCUT2D eigenvalue weighted by atomic mass is 9.97.